The molecule has 9 heteroatoms. The number of ether oxygens (including phenoxy) is 3. The van der Waals surface area contributed by atoms with E-state index in [4.69, 9.17) is 18.7 Å². The van der Waals surface area contributed by atoms with Crippen molar-refractivity contribution in [2.45, 2.75) is 17.6 Å². The van der Waals surface area contributed by atoms with Crippen LogP contribution in [-0.4, -0.2) is 37.4 Å². The number of rotatable bonds is 8. The fourth-order valence-corrected chi connectivity index (χ4v) is 3.57. The number of anilines is 1. The van der Waals surface area contributed by atoms with Crippen LogP contribution in [0.5, 0.6) is 17.2 Å². The highest BCUT2D eigenvalue weighted by atomic mass is 32.2. The molecule has 1 heterocycles. The van der Waals surface area contributed by atoms with E-state index in [2.05, 4.69) is 15.5 Å². The molecule has 0 spiro atoms. The molecule has 2 aromatic carbocycles. The third kappa shape index (κ3) is 4.80. The van der Waals surface area contributed by atoms with Crippen molar-refractivity contribution in [1.82, 2.24) is 10.1 Å². The number of methoxy groups -OCH3 is 3. The fraction of sp³-hybridized carbons (Fsp3) is 0.250. The zero-order valence-corrected chi connectivity index (χ0v) is 17.3. The lowest BCUT2D eigenvalue weighted by atomic mass is 10.2. The van der Waals surface area contributed by atoms with Gasteiger partial charge < -0.3 is 24.1 Å². The van der Waals surface area contributed by atoms with E-state index in [1.807, 2.05) is 18.2 Å². The average Bonchev–Trinajstić information content (AvgIpc) is 3.16. The van der Waals surface area contributed by atoms with Crippen LogP contribution in [0.25, 0.3) is 0 Å². The summed E-state index contributed by atoms with van der Waals surface area (Å²) < 4.78 is 21.0. The standard InChI is InChI=1S/C20H21N3O5S/c1-12-21-18(23-28-12)11-29-17-8-6-5-7-14(17)20(24)22-13-9-15(25-2)19(27-4)16(10-13)26-3/h5-10H,11H2,1-4H3,(H,22,24). The summed E-state index contributed by atoms with van der Waals surface area (Å²) in [6, 6.07) is 10.7. The van der Waals surface area contributed by atoms with Crippen LogP contribution in [0, 0.1) is 6.92 Å². The monoisotopic (exact) mass is 415 g/mol. The van der Waals surface area contributed by atoms with Gasteiger partial charge in [0.05, 0.1) is 32.6 Å². The molecule has 0 unspecified atom stereocenters. The van der Waals surface area contributed by atoms with E-state index in [9.17, 15) is 4.79 Å². The molecule has 3 aromatic rings. The lowest BCUT2D eigenvalue weighted by Crippen LogP contribution is -2.13. The van der Waals surface area contributed by atoms with Gasteiger partial charge in [-0.15, -0.1) is 11.8 Å². The van der Waals surface area contributed by atoms with Crippen molar-refractivity contribution in [3.05, 3.63) is 53.7 Å². The second kappa shape index (κ2) is 9.33. The number of nitrogens with one attached hydrogen (secondary N) is 1. The molecule has 0 aliphatic heterocycles. The van der Waals surface area contributed by atoms with E-state index >= 15 is 0 Å². The number of thioether (sulfide) groups is 1. The molecule has 0 saturated heterocycles. The van der Waals surface area contributed by atoms with Crippen molar-refractivity contribution in [2.75, 3.05) is 26.6 Å². The zero-order chi connectivity index (χ0) is 20.8. The Bertz CT molecular complexity index is 980. The van der Waals surface area contributed by atoms with Crippen molar-refractivity contribution in [3.63, 3.8) is 0 Å². The molecule has 0 bridgehead atoms. The Balaban J connectivity index is 1.81. The molecule has 29 heavy (non-hydrogen) atoms. The lowest BCUT2D eigenvalue weighted by Gasteiger charge is -2.15. The molecule has 0 fully saturated rings. The van der Waals surface area contributed by atoms with E-state index in [-0.39, 0.29) is 5.91 Å². The zero-order valence-electron chi connectivity index (χ0n) is 16.5. The summed E-state index contributed by atoms with van der Waals surface area (Å²) in [5.41, 5.74) is 1.06. The molecular formula is C20H21N3O5S. The first-order valence-corrected chi connectivity index (χ1v) is 9.66. The molecule has 152 valence electrons. The number of nitrogens with zero attached hydrogens (tertiary/aromatic N) is 2. The second-order valence-electron chi connectivity index (χ2n) is 5.88. The van der Waals surface area contributed by atoms with Crippen molar-refractivity contribution < 1.29 is 23.5 Å². The Morgan fingerprint density at radius 2 is 1.79 bits per heavy atom. The summed E-state index contributed by atoms with van der Waals surface area (Å²) in [6.07, 6.45) is 0. The van der Waals surface area contributed by atoms with Crippen LogP contribution in [0.4, 0.5) is 5.69 Å². The van der Waals surface area contributed by atoms with Gasteiger partial charge in [0.25, 0.3) is 5.91 Å². The van der Waals surface area contributed by atoms with Crippen molar-refractivity contribution >= 4 is 23.4 Å². The van der Waals surface area contributed by atoms with Gasteiger partial charge in [-0.2, -0.15) is 4.98 Å². The first-order chi connectivity index (χ1) is 14.0. The van der Waals surface area contributed by atoms with E-state index in [0.29, 0.717) is 46.0 Å². The van der Waals surface area contributed by atoms with E-state index in [1.54, 1.807) is 25.1 Å². The molecule has 0 aliphatic rings. The number of aryl methyl sites for hydroxylation is 1. The van der Waals surface area contributed by atoms with Gasteiger partial charge in [0.1, 0.15) is 0 Å². The molecular weight excluding hydrogens is 394 g/mol. The van der Waals surface area contributed by atoms with Crippen LogP contribution in [0.2, 0.25) is 0 Å². The summed E-state index contributed by atoms with van der Waals surface area (Å²) in [5, 5.41) is 6.76. The highest BCUT2D eigenvalue weighted by Gasteiger charge is 2.17. The molecule has 3 rings (SSSR count). The SMILES string of the molecule is COc1cc(NC(=O)c2ccccc2SCc2noc(C)n2)cc(OC)c1OC. The Morgan fingerprint density at radius 3 is 2.38 bits per heavy atom. The smallest absolute Gasteiger partial charge is 0.256 e. The van der Waals surface area contributed by atoms with Gasteiger partial charge in [0.2, 0.25) is 11.6 Å². The van der Waals surface area contributed by atoms with Crippen molar-refractivity contribution in [3.8, 4) is 17.2 Å². The number of hydrogen-bond donors (Lipinski definition) is 1. The lowest BCUT2D eigenvalue weighted by molar-refractivity contribution is 0.102. The Morgan fingerprint density at radius 1 is 1.10 bits per heavy atom. The van der Waals surface area contributed by atoms with Crippen LogP contribution in [0.3, 0.4) is 0 Å². The topological polar surface area (TPSA) is 95.7 Å². The van der Waals surface area contributed by atoms with Gasteiger partial charge in [-0.25, -0.2) is 0 Å². The largest absolute Gasteiger partial charge is 0.493 e. The predicted octanol–water partition coefficient (Wildman–Crippen LogP) is 3.95. The van der Waals surface area contributed by atoms with Gasteiger partial charge in [0, 0.05) is 29.6 Å². The highest BCUT2D eigenvalue weighted by molar-refractivity contribution is 7.98. The van der Waals surface area contributed by atoms with Crippen molar-refractivity contribution in [1.29, 1.82) is 0 Å². The molecule has 0 aliphatic carbocycles. The maximum Gasteiger partial charge on any atom is 0.256 e. The maximum atomic E-state index is 12.9. The van der Waals surface area contributed by atoms with Crippen LogP contribution in [-0.2, 0) is 5.75 Å². The molecule has 0 atom stereocenters. The number of hydrogen-bond acceptors (Lipinski definition) is 8. The first-order valence-electron chi connectivity index (χ1n) is 8.68. The van der Waals surface area contributed by atoms with Crippen LogP contribution in [0.15, 0.2) is 45.8 Å². The predicted molar refractivity (Wildman–Crippen MR) is 109 cm³/mol. The quantitative estimate of drug-likeness (QED) is 0.553. The van der Waals surface area contributed by atoms with Gasteiger partial charge in [0.15, 0.2) is 17.3 Å². The number of amides is 1. The van der Waals surface area contributed by atoms with E-state index in [1.165, 1.54) is 33.1 Å². The molecule has 0 saturated carbocycles. The minimum atomic E-state index is -0.258. The number of aromatic nitrogens is 2. The minimum Gasteiger partial charge on any atom is -0.493 e. The summed E-state index contributed by atoms with van der Waals surface area (Å²) in [6.45, 7) is 1.74. The highest BCUT2D eigenvalue weighted by Crippen LogP contribution is 2.40. The Kier molecular flexibility index (Phi) is 6.61. The summed E-state index contributed by atoms with van der Waals surface area (Å²) in [4.78, 5) is 17.9. The Hall–Kier alpha value is -3.20. The van der Waals surface area contributed by atoms with Gasteiger partial charge in [-0.05, 0) is 12.1 Å². The van der Waals surface area contributed by atoms with E-state index < -0.39 is 0 Å². The first kappa shape index (κ1) is 20.5. The van der Waals surface area contributed by atoms with Gasteiger partial charge in [-0.3, -0.25) is 4.79 Å². The van der Waals surface area contributed by atoms with Crippen LogP contribution >= 0.6 is 11.8 Å². The number of benzene rings is 2. The summed E-state index contributed by atoms with van der Waals surface area (Å²) in [5.74, 6) is 2.69. The fourth-order valence-electron chi connectivity index (χ4n) is 2.67. The number of carbonyl (C=O) groups is 1. The third-order valence-corrected chi connectivity index (χ3v) is 5.05. The van der Waals surface area contributed by atoms with E-state index in [0.717, 1.165) is 4.90 Å². The summed E-state index contributed by atoms with van der Waals surface area (Å²) in [7, 11) is 4.57. The molecule has 0 radical (unpaired) electrons. The third-order valence-electron chi connectivity index (χ3n) is 3.98. The maximum absolute atomic E-state index is 12.9. The second-order valence-corrected chi connectivity index (χ2v) is 6.90. The number of carbonyl (C=O) groups excluding carboxylic acids is 1. The summed E-state index contributed by atoms with van der Waals surface area (Å²) >= 11 is 1.46. The molecule has 1 amide bonds. The van der Waals surface area contributed by atoms with Gasteiger partial charge >= 0.3 is 0 Å². The van der Waals surface area contributed by atoms with Crippen LogP contribution < -0.4 is 19.5 Å². The normalized spacial score (nSPS) is 10.5. The molecule has 8 nitrogen and oxygen atoms in total. The molecule has 1 N–H and O–H groups in total. The van der Waals surface area contributed by atoms with Crippen LogP contribution in [0.1, 0.15) is 22.1 Å². The minimum absolute atomic E-state index is 0.258. The average molecular weight is 415 g/mol. The van der Waals surface area contributed by atoms with Crippen molar-refractivity contribution in [2.24, 2.45) is 0 Å². The molecule has 1 aromatic heterocycles. The van der Waals surface area contributed by atoms with Gasteiger partial charge in [-0.1, -0.05) is 17.3 Å². The Labute approximate surface area is 172 Å².